The van der Waals surface area contributed by atoms with E-state index >= 15 is 0 Å². The highest BCUT2D eigenvalue weighted by atomic mass is 79.9. The van der Waals surface area contributed by atoms with Gasteiger partial charge >= 0.3 is 0 Å². The summed E-state index contributed by atoms with van der Waals surface area (Å²) in [5, 5.41) is 6.02. The molecule has 0 aliphatic rings. The van der Waals surface area contributed by atoms with Crippen LogP contribution in [0.3, 0.4) is 0 Å². The van der Waals surface area contributed by atoms with Crippen molar-refractivity contribution in [3.63, 3.8) is 0 Å². The highest BCUT2D eigenvalue weighted by molar-refractivity contribution is 9.10. The summed E-state index contributed by atoms with van der Waals surface area (Å²) in [6, 6.07) is 7.77. The zero-order valence-electron chi connectivity index (χ0n) is 10.6. The third-order valence-corrected chi connectivity index (χ3v) is 4.27. The molecule has 0 aliphatic carbocycles. The van der Waals surface area contributed by atoms with E-state index in [0.29, 0.717) is 13.0 Å². The number of hydrogen-bond donors (Lipinski definition) is 1. The molecular weight excluding hydrogens is 324 g/mol. The number of carbonyl (C=O) groups is 1. The van der Waals surface area contributed by atoms with E-state index in [4.69, 9.17) is 0 Å². The van der Waals surface area contributed by atoms with Crippen molar-refractivity contribution in [2.24, 2.45) is 0 Å². The Bertz CT molecular complexity index is 568. The van der Waals surface area contributed by atoms with Crippen LogP contribution >= 0.6 is 27.3 Å². The molecule has 0 saturated heterocycles. The zero-order chi connectivity index (χ0) is 13.7. The van der Waals surface area contributed by atoms with Crippen LogP contribution in [0.4, 0.5) is 0 Å². The van der Waals surface area contributed by atoms with E-state index in [9.17, 15) is 4.79 Å². The van der Waals surface area contributed by atoms with Gasteiger partial charge in [-0.25, -0.2) is 4.98 Å². The van der Waals surface area contributed by atoms with E-state index in [2.05, 4.69) is 26.2 Å². The van der Waals surface area contributed by atoms with Crippen LogP contribution in [-0.4, -0.2) is 17.4 Å². The number of nitrogens with one attached hydrogen (secondary N) is 1. The van der Waals surface area contributed by atoms with Crippen LogP contribution in [0.15, 0.2) is 34.1 Å². The third-order valence-electron chi connectivity index (χ3n) is 2.68. The van der Waals surface area contributed by atoms with Crippen molar-refractivity contribution in [1.82, 2.24) is 10.3 Å². The average molecular weight is 339 g/mol. The van der Waals surface area contributed by atoms with Crippen molar-refractivity contribution in [3.05, 3.63) is 50.4 Å². The standard InChI is InChI=1S/C14H15BrN2OS/c1-10-17-12(9-19-10)6-7-16-14(18)8-11-4-2-3-5-13(11)15/h2-5,9H,6-8H2,1H3,(H,16,18). The van der Waals surface area contributed by atoms with Gasteiger partial charge in [0.1, 0.15) is 0 Å². The molecule has 2 aromatic rings. The Morgan fingerprint density at radius 1 is 1.42 bits per heavy atom. The summed E-state index contributed by atoms with van der Waals surface area (Å²) in [7, 11) is 0. The predicted octanol–water partition coefficient (Wildman–Crippen LogP) is 3.12. The van der Waals surface area contributed by atoms with Crippen molar-refractivity contribution in [2.75, 3.05) is 6.54 Å². The van der Waals surface area contributed by atoms with E-state index in [-0.39, 0.29) is 5.91 Å². The monoisotopic (exact) mass is 338 g/mol. The van der Waals surface area contributed by atoms with Crippen molar-refractivity contribution >= 4 is 33.2 Å². The Balaban J connectivity index is 1.77. The van der Waals surface area contributed by atoms with Crippen LogP contribution in [0.25, 0.3) is 0 Å². The summed E-state index contributed by atoms with van der Waals surface area (Å²) in [6.45, 7) is 2.62. The van der Waals surface area contributed by atoms with E-state index in [1.54, 1.807) is 11.3 Å². The lowest BCUT2D eigenvalue weighted by Crippen LogP contribution is -2.27. The van der Waals surface area contributed by atoms with Crippen molar-refractivity contribution < 1.29 is 4.79 Å². The Labute approximate surface area is 125 Å². The van der Waals surface area contributed by atoms with Gasteiger partial charge in [-0.05, 0) is 18.6 Å². The minimum absolute atomic E-state index is 0.0406. The Hall–Kier alpha value is -1.20. The molecule has 1 aromatic heterocycles. The maximum atomic E-state index is 11.8. The summed E-state index contributed by atoms with van der Waals surface area (Å²) in [5.74, 6) is 0.0406. The Morgan fingerprint density at radius 2 is 2.21 bits per heavy atom. The maximum absolute atomic E-state index is 11.8. The summed E-state index contributed by atoms with van der Waals surface area (Å²) < 4.78 is 0.972. The molecule has 0 radical (unpaired) electrons. The lowest BCUT2D eigenvalue weighted by molar-refractivity contribution is -0.120. The molecule has 100 valence electrons. The minimum Gasteiger partial charge on any atom is -0.355 e. The first kappa shape index (κ1) is 14.2. The van der Waals surface area contributed by atoms with Crippen LogP contribution in [0.2, 0.25) is 0 Å². The molecule has 0 unspecified atom stereocenters. The number of thiazole rings is 1. The molecule has 19 heavy (non-hydrogen) atoms. The van der Waals surface area contributed by atoms with E-state index in [0.717, 1.165) is 27.2 Å². The van der Waals surface area contributed by atoms with Crippen molar-refractivity contribution in [2.45, 2.75) is 19.8 Å². The van der Waals surface area contributed by atoms with Gasteiger partial charge in [-0.1, -0.05) is 34.1 Å². The van der Waals surface area contributed by atoms with Crippen molar-refractivity contribution in [3.8, 4) is 0 Å². The lowest BCUT2D eigenvalue weighted by Gasteiger charge is -2.05. The molecule has 1 heterocycles. The topological polar surface area (TPSA) is 42.0 Å². The summed E-state index contributed by atoms with van der Waals surface area (Å²) in [6.07, 6.45) is 1.18. The molecular formula is C14H15BrN2OS. The number of rotatable bonds is 5. The second-order valence-corrected chi connectivity index (χ2v) is 6.14. The number of hydrogen-bond acceptors (Lipinski definition) is 3. The first-order valence-corrected chi connectivity index (χ1v) is 7.73. The molecule has 1 N–H and O–H groups in total. The van der Waals surface area contributed by atoms with Gasteiger partial charge in [-0.15, -0.1) is 11.3 Å². The molecule has 0 atom stereocenters. The zero-order valence-corrected chi connectivity index (χ0v) is 13.1. The summed E-state index contributed by atoms with van der Waals surface area (Å²) in [5.41, 5.74) is 2.05. The fourth-order valence-electron chi connectivity index (χ4n) is 1.73. The van der Waals surface area contributed by atoms with E-state index < -0.39 is 0 Å². The second kappa shape index (κ2) is 6.82. The second-order valence-electron chi connectivity index (χ2n) is 4.23. The minimum atomic E-state index is 0.0406. The predicted molar refractivity (Wildman–Crippen MR) is 81.4 cm³/mol. The van der Waals surface area contributed by atoms with Crippen LogP contribution in [0.1, 0.15) is 16.3 Å². The van der Waals surface area contributed by atoms with Crippen LogP contribution in [0.5, 0.6) is 0 Å². The Morgan fingerprint density at radius 3 is 2.89 bits per heavy atom. The lowest BCUT2D eigenvalue weighted by atomic mass is 10.1. The molecule has 0 saturated carbocycles. The molecule has 2 rings (SSSR count). The van der Waals surface area contributed by atoms with Crippen LogP contribution in [0, 0.1) is 6.92 Å². The van der Waals surface area contributed by atoms with Gasteiger partial charge in [0.2, 0.25) is 5.91 Å². The molecule has 0 aliphatic heterocycles. The number of aromatic nitrogens is 1. The van der Waals surface area contributed by atoms with Gasteiger partial charge < -0.3 is 5.32 Å². The van der Waals surface area contributed by atoms with E-state index in [1.165, 1.54) is 0 Å². The quantitative estimate of drug-likeness (QED) is 0.909. The highest BCUT2D eigenvalue weighted by Crippen LogP contribution is 2.16. The number of benzene rings is 1. The fraction of sp³-hybridized carbons (Fsp3) is 0.286. The summed E-state index contributed by atoms with van der Waals surface area (Å²) >= 11 is 5.08. The van der Waals surface area contributed by atoms with Gasteiger partial charge in [0.05, 0.1) is 17.1 Å². The van der Waals surface area contributed by atoms with Gasteiger partial charge in [0, 0.05) is 22.8 Å². The van der Waals surface area contributed by atoms with Gasteiger partial charge in [-0.3, -0.25) is 4.79 Å². The molecule has 0 bridgehead atoms. The number of nitrogens with zero attached hydrogens (tertiary/aromatic N) is 1. The average Bonchev–Trinajstić information content (AvgIpc) is 2.78. The molecule has 0 fully saturated rings. The highest BCUT2D eigenvalue weighted by Gasteiger charge is 2.06. The number of halogens is 1. The molecule has 0 spiro atoms. The molecule has 5 heteroatoms. The molecule has 1 aromatic carbocycles. The van der Waals surface area contributed by atoms with Gasteiger partial charge in [0.15, 0.2) is 0 Å². The molecule has 1 amide bonds. The third kappa shape index (κ3) is 4.44. The van der Waals surface area contributed by atoms with Crippen LogP contribution < -0.4 is 5.32 Å². The Kier molecular flexibility index (Phi) is 5.10. The number of amides is 1. The normalized spacial score (nSPS) is 10.4. The largest absolute Gasteiger partial charge is 0.355 e. The number of aryl methyl sites for hydroxylation is 1. The fourth-order valence-corrected chi connectivity index (χ4v) is 2.80. The summed E-state index contributed by atoms with van der Waals surface area (Å²) in [4.78, 5) is 16.2. The SMILES string of the molecule is Cc1nc(CCNC(=O)Cc2ccccc2Br)cs1. The maximum Gasteiger partial charge on any atom is 0.224 e. The first-order chi connectivity index (χ1) is 9.15. The van der Waals surface area contributed by atoms with Crippen molar-refractivity contribution in [1.29, 1.82) is 0 Å². The van der Waals surface area contributed by atoms with Gasteiger partial charge in [0.25, 0.3) is 0 Å². The first-order valence-electron chi connectivity index (χ1n) is 6.06. The van der Waals surface area contributed by atoms with Crippen LogP contribution in [-0.2, 0) is 17.6 Å². The van der Waals surface area contributed by atoms with E-state index in [1.807, 2.05) is 36.6 Å². The van der Waals surface area contributed by atoms with Gasteiger partial charge in [-0.2, -0.15) is 0 Å². The number of carbonyl (C=O) groups excluding carboxylic acids is 1. The molecule has 3 nitrogen and oxygen atoms in total. The smallest absolute Gasteiger partial charge is 0.224 e.